The van der Waals surface area contributed by atoms with Crippen LogP contribution in [0, 0.1) is 6.92 Å². The van der Waals surface area contributed by atoms with Crippen LogP contribution in [0.4, 0.5) is 0 Å². The van der Waals surface area contributed by atoms with Gasteiger partial charge in [0.2, 0.25) is 0 Å². The summed E-state index contributed by atoms with van der Waals surface area (Å²) in [5.41, 5.74) is 0.612. The summed E-state index contributed by atoms with van der Waals surface area (Å²) < 4.78 is 1.65. The number of amides is 1. The van der Waals surface area contributed by atoms with Crippen LogP contribution in [0.15, 0.2) is 4.79 Å². The molecule has 0 spiro atoms. The van der Waals surface area contributed by atoms with E-state index < -0.39 is 0 Å². The lowest BCUT2D eigenvalue weighted by molar-refractivity contribution is 0.0936. The van der Waals surface area contributed by atoms with Gasteiger partial charge in [0.05, 0.1) is 10.7 Å². The van der Waals surface area contributed by atoms with Gasteiger partial charge in [0, 0.05) is 24.9 Å². The summed E-state index contributed by atoms with van der Waals surface area (Å²) in [4.78, 5) is 29.3. The molecule has 0 saturated carbocycles. The predicted octanol–water partition coefficient (Wildman–Crippen LogP) is 1.59. The van der Waals surface area contributed by atoms with E-state index in [0.29, 0.717) is 23.8 Å². The molecule has 0 fully saturated rings. The fraction of sp³-hybridized carbons (Fsp3) is 0.600. The highest BCUT2D eigenvalue weighted by Crippen LogP contribution is 2.24. The molecule has 1 aliphatic rings. The SMILES string of the molecule is Cc1nc(C(C)C)sc1C(=O)NC1CCc2n[nH]c(=O)n2CC1. The van der Waals surface area contributed by atoms with E-state index in [2.05, 4.69) is 34.3 Å². The van der Waals surface area contributed by atoms with Crippen LogP contribution in [0.25, 0.3) is 0 Å². The van der Waals surface area contributed by atoms with Gasteiger partial charge in [-0.05, 0) is 19.8 Å². The second kappa shape index (κ2) is 6.27. The molecule has 23 heavy (non-hydrogen) atoms. The number of aromatic amines is 1. The van der Waals surface area contributed by atoms with Gasteiger partial charge in [-0.15, -0.1) is 11.3 Å². The van der Waals surface area contributed by atoms with Crippen molar-refractivity contribution >= 4 is 17.2 Å². The van der Waals surface area contributed by atoms with Crippen molar-refractivity contribution in [1.29, 1.82) is 0 Å². The molecule has 7 nitrogen and oxygen atoms in total. The van der Waals surface area contributed by atoms with E-state index in [0.717, 1.165) is 29.4 Å². The molecule has 1 aliphatic heterocycles. The van der Waals surface area contributed by atoms with Gasteiger partial charge in [0.1, 0.15) is 10.7 Å². The van der Waals surface area contributed by atoms with Crippen LogP contribution in [-0.4, -0.2) is 31.7 Å². The van der Waals surface area contributed by atoms with Crippen LogP contribution in [0.2, 0.25) is 0 Å². The third kappa shape index (κ3) is 3.21. The normalized spacial score (nSPS) is 17.8. The highest BCUT2D eigenvalue weighted by molar-refractivity contribution is 7.13. The molecule has 1 amide bonds. The Morgan fingerprint density at radius 3 is 2.91 bits per heavy atom. The van der Waals surface area contributed by atoms with Crippen molar-refractivity contribution in [2.24, 2.45) is 0 Å². The first-order valence-electron chi connectivity index (χ1n) is 7.88. The van der Waals surface area contributed by atoms with Crippen LogP contribution < -0.4 is 11.0 Å². The zero-order chi connectivity index (χ0) is 16.6. The summed E-state index contributed by atoms with van der Waals surface area (Å²) in [6.45, 7) is 6.60. The molecule has 8 heteroatoms. The standard InChI is InChI=1S/C15H21N5O2S/c1-8(2)14-16-9(3)12(23-14)13(21)17-10-4-5-11-18-19-15(22)20(11)7-6-10/h8,10H,4-7H2,1-3H3,(H,17,21)(H,19,22). The smallest absolute Gasteiger partial charge is 0.343 e. The molecule has 0 saturated heterocycles. The Morgan fingerprint density at radius 2 is 2.22 bits per heavy atom. The maximum atomic E-state index is 12.5. The third-order valence-electron chi connectivity index (χ3n) is 4.10. The van der Waals surface area contributed by atoms with Gasteiger partial charge >= 0.3 is 5.69 Å². The van der Waals surface area contributed by atoms with E-state index in [1.807, 2.05) is 6.92 Å². The van der Waals surface area contributed by atoms with Gasteiger partial charge in [-0.25, -0.2) is 14.9 Å². The maximum Gasteiger partial charge on any atom is 0.343 e. The number of nitrogens with one attached hydrogen (secondary N) is 2. The van der Waals surface area contributed by atoms with E-state index >= 15 is 0 Å². The first kappa shape index (κ1) is 15.9. The predicted molar refractivity (Wildman–Crippen MR) is 88.0 cm³/mol. The highest BCUT2D eigenvalue weighted by Gasteiger charge is 2.23. The van der Waals surface area contributed by atoms with Crippen molar-refractivity contribution < 1.29 is 4.79 Å². The van der Waals surface area contributed by atoms with Crippen LogP contribution in [0.3, 0.4) is 0 Å². The number of carbonyl (C=O) groups excluding carboxylic acids is 1. The summed E-state index contributed by atoms with van der Waals surface area (Å²) in [5, 5.41) is 10.6. The molecule has 0 radical (unpaired) electrons. The summed E-state index contributed by atoms with van der Waals surface area (Å²) in [7, 11) is 0. The Morgan fingerprint density at radius 1 is 1.43 bits per heavy atom. The largest absolute Gasteiger partial charge is 0.348 e. The monoisotopic (exact) mass is 335 g/mol. The Kier molecular flexibility index (Phi) is 4.34. The Bertz CT molecular complexity index is 773. The van der Waals surface area contributed by atoms with E-state index in [1.165, 1.54) is 11.3 Å². The number of carbonyl (C=O) groups is 1. The van der Waals surface area contributed by atoms with E-state index in [9.17, 15) is 9.59 Å². The van der Waals surface area contributed by atoms with Gasteiger partial charge in [0.25, 0.3) is 5.91 Å². The number of fused-ring (bicyclic) bond motifs is 1. The molecule has 0 aliphatic carbocycles. The lowest BCUT2D eigenvalue weighted by atomic mass is 10.1. The minimum absolute atomic E-state index is 0.0487. The Hall–Kier alpha value is -1.96. The van der Waals surface area contributed by atoms with E-state index in [4.69, 9.17) is 0 Å². The molecule has 3 rings (SSSR count). The van der Waals surface area contributed by atoms with Crippen LogP contribution >= 0.6 is 11.3 Å². The third-order valence-corrected chi connectivity index (χ3v) is 5.56. The molecule has 2 aromatic rings. The van der Waals surface area contributed by atoms with Gasteiger partial charge in [-0.3, -0.25) is 9.36 Å². The number of thiazole rings is 1. The average Bonchev–Trinajstić information content (AvgIpc) is 2.99. The zero-order valence-electron chi connectivity index (χ0n) is 13.5. The molecule has 2 N–H and O–H groups in total. The number of aryl methyl sites for hydroxylation is 2. The van der Waals surface area contributed by atoms with Crippen LogP contribution in [-0.2, 0) is 13.0 Å². The van der Waals surface area contributed by atoms with E-state index in [1.54, 1.807) is 4.57 Å². The number of aromatic nitrogens is 4. The van der Waals surface area contributed by atoms with Crippen molar-refractivity contribution in [3.63, 3.8) is 0 Å². The minimum atomic E-state index is -0.174. The molecule has 1 atom stereocenters. The maximum absolute atomic E-state index is 12.5. The molecule has 124 valence electrons. The number of rotatable bonds is 3. The minimum Gasteiger partial charge on any atom is -0.348 e. The average molecular weight is 335 g/mol. The molecular weight excluding hydrogens is 314 g/mol. The molecule has 0 aromatic carbocycles. The molecule has 3 heterocycles. The second-order valence-corrected chi connectivity index (χ2v) is 7.25. The van der Waals surface area contributed by atoms with Gasteiger partial charge in [-0.2, -0.15) is 5.10 Å². The van der Waals surface area contributed by atoms with Crippen molar-refractivity contribution in [3.05, 3.63) is 31.9 Å². The van der Waals surface area contributed by atoms with Gasteiger partial charge in [0.15, 0.2) is 0 Å². The quantitative estimate of drug-likeness (QED) is 0.891. The van der Waals surface area contributed by atoms with Crippen molar-refractivity contribution in [2.45, 2.75) is 58.5 Å². The lowest BCUT2D eigenvalue weighted by Crippen LogP contribution is -2.35. The summed E-state index contributed by atoms with van der Waals surface area (Å²) in [6, 6.07) is 0.0487. The van der Waals surface area contributed by atoms with Crippen molar-refractivity contribution in [3.8, 4) is 0 Å². The lowest BCUT2D eigenvalue weighted by Gasteiger charge is -2.15. The van der Waals surface area contributed by atoms with Crippen LogP contribution in [0.5, 0.6) is 0 Å². The second-order valence-electron chi connectivity index (χ2n) is 6.22. The van der Waals surface area contributed by atoms with E-state index in [-0.39, 0.29) is 17.6 Å². The molecule has 2 aromatic heterocycles. The Balaban J connectivity index is 1.68. The fourth-order valence-corrected chi connectivity index (χ4v) is 3.75. The fourth-order valence-electron chi connectivity index (χ4n) is 2.77. The van der Waals surface area contributed by atoms with Gasteiger partial charge in [-0.1, -0.05) is 13.8 Å². The number of hydrogen-bond donors (Lipinski definition) is 2. The molecular formula is C15H21N5O2S. The topological polar surface area (TPSA) is 92.7 Å². The van der Waals surface area contributed by atoms with Crippen LogP contribution in [0.1, 0.15) is 58.8 Å². The first-order chi connectivity index (χ1) is 11.0. The number of H-pyrrole nitrogens is 1. The summed E-state index contributed by atoms with van der Waals surface area (Å²) in [5.74, 6) is 1.02. The van der Waals surface area contributed by atoms with Crippen molar-refractivity contribution in [1.82, 2.24) is 25.1 Å². The first-order valence-corrected chi connectivity index (χ1v) is 8.69. The summed E-state index contributed by atoms with van der Waals surface area (Å²) in [6.07, 6.45) is 2.20. The number of hydrogen-bond acceptors (Lipinski definition) is 5. The molecule has 0 bridgehead atoms. The number of nitrogens with zero attached hydrogens (tertiary/aromatic N) is 3. The molecule has 1 unspecified atom stereocenters. The Labute approximate surface area is 138 Å². The zero-order valence-corrected chi connectivity index (χ0v) is 14.4. The summed E-state index contributed by atoms with van der Waals surface area (Å²) >= 11 is 1.47. The van der Waals surface area contributed by atoms with Gasteiger partial charge < -0.3 is 5.32 Å². The van der Waals surface area contributed by atoms with Crippen molar-refractivity contribution in [2.75, 3.05) is 0 Å². The highest BCUT2D eigenvalue weighted by atomic mass is 32.1.